The van der Waals surface area contributed by atoms with Crippen molar-refractivity contribution >= 4 is 0 Å². The largest absolute Gasteiger partial charge is 0.0654 e. The van der Waals surface area contributed by atoms with Crippen molar-refractivity contribution in [2.75, 3.05) is 0 Å². The van der Waals surface area contributed by atoms with Crippen LogP contribution in [0.2, 0.25) is 0 Å². The number of hydrogen-bond acceptors (Lipinski definition) is 0. The average molecular weight is 335 g/mol. The SMILES string of the molecule is C1CCC(C2CCCCC2)CC1.CCCCCCC1CCCCC1. The highest BCUT2D eigenvalue weighted by Crippen LogP contribution is 2.37. The third kappa shape index (κ3) is 8.39. The Hall–Kier alpha value is 0. The average Bonchev–Trinajstić information content (AvgIpc) is 2.68. The monoisotopic (exact) mass is 334 g/mol. The van der Waals surface area contributed by atoms with E-state index in [9.17, 15) is 0 Å². The van der Waals surface area contributed by atoms with E-state index < -0.39 is 0 Å². The molecule has 0 aromatic rings. The number of unbranched alkanes of at least 4 members (excludes halogenated alkanes) is 3. The molecular formula is C24H46. The van der Waals surface area contributed by atoms with Crippen LogP contribution in [0.4, 0.5) is 0 Å². The quantitative estimate of drug-likeness (QED) is 0.426. The summed E-state index contributed by atoms with van der Waals surface area (Å²) in [5, 5.41) is 0. The molecule has 0 heteroatoms. The molecule has 0 aromatic heterocycles. The summed E-state index contributed by atoms with van der Waals surface area (Å²) in [5.41, 5.74) is 0. The molecule has 0 heterocycles. The Balaban J connectivity index is 0.000000174. The molecule has 0 spiro atoms. The lowest BCUT2D eigenvalue weighted by Gasteiger charge is -2.32. The Labute approximate surface area is 153 Å². The summed E-state index contributed by atoms with van der Waals surface area (Å²) < 4.78 is 0. The van der Waals surface area contributed by atoms with E-state index in [2.05, 4.69) is 6.92 Å². The summed E-state index contributed by atoms with van der Waals surface area (Å²) in [6.45, 7) is 2.29. The van der Waals surface area contributed by atoms with Crippen molar-refractivity contribution in [3.8, 4) is 0 Å². The zero-order chi connectivity index (χ0) is 16.9. The second-order valence-electron chi connectivity index (χ2n) is 9.15. The van der Waals surface area contributed by atoms with E-state index in [1.807, 2.05) is 0 Å². The van der Waals surface area contributed by atoms with Gasteiger partial charge in [-0.3, -0.25) is 0 Å². The van der Waals surface area contributed by atoms with E-state index >= 15 is 0 Å². The van der Waals surface area contributed by atoms with Crippen LogP contribution in [-0.2, 0) is 0 Å². The first-order chi connectivity index (χ1) is 11.9. The zero-order valence-corrected chi connectivity index (χ0v) is 16.9. The fourth-order valence-electron chi connectivity index (χ4n) is 5.55. The molecule has 0 unspecified atom stereocenters. The smallest absolute Gasteiger partial charge is 0.0386 e. The predicted molar refractivity (Wildman–Crippen MR) is 108 cm³/mol. The second kappa shape index (κ2) is 13.2. The van der Waals surface area contributed by atoms with Crippen molar-refractivity contribution in [3.05, 3.63) is 0 Å². The van der Waals surface area contributed by atoms with E-state index in [-0.39, 0.29) is 0 Å². The normalized spacial score (nSPS) is 24.4. The van der Waals surface area contributed by atoms with Crippen molar-refractivity contribution in [2.24, 2.45) is 17.8 Å². The van der Waals surface area contributed by atoms with Gasteiger partial charge in [0, 0.05) is 0 Å². The standard InChI is InChI=1S/C12H22.C12H24/c1-3-7-11(8-4-1)12-9-5-2-6-10-12;1-2-3-4-6-9-12-10-7-5-8-11-12/h11-12H,1-10H2;12H,2-11H2,1H3. The van der Waals surface area contributed by atoms with Crippen LogP contribution in [0.5, 0.6) is 0 Å². The van der Waals surface area contributed by atoms with Crippen LogP contribution in [-0.4, -0.2) is 0 Å². The highest BCUT2D eigenvalue weighted by Gasteiger charge is 2.24. The van der Waals surface area contributed by atoms with Crippen molar-refractivity contribution in [2.45, 2.75) is 135 Å². The van der Waals surface area contributed by atoms with Gasteiger partial charge in [0.15, 0.2) is 0 Å². The van der Waals surface area contributed by atoms with Crippen LogP contribution in [0, 0.1) is 17.8 Å². The molecule has 3 aliphatic carbocycles. The molecule has 0 atom stereocenters. The van der Waals surface area contributed by atoms with Crippen molar-refractivity contribution < 1.29 is 0 Å². The molecule has 0 radical (unpaired) electrons. The lowest BCUT2D eigenvalue weighted by Crippen LogP contribution is -2.20. The van der Waals surface area contributed by atoms with E-state index in [1.54, 1.807) is 25.7 Å². The summed E-state index contributed by atoms with van der Waals surface area (Å²) in [6, 6.07) is 0. The van der Waals surface area contributed by atoms with E-state index in [0.717, 1.165) is 17.8 Å². The molecule has 142 valence electrons. The lowest BCUT2D eigenvalue weighted by molar-refractivity contribution is 0.196. The number of rotatable bonds is 6. The molecule has 0 aliphatic heterocycles. The van der Waals surface area contributed by atoms with Gasteiger partial charge >= 0.3 is 0 Å². The van der Waals surface area contributed by atoms with Crippen LogP contribution >= 0.6 is 0 Å². The lowest BCUT2D eigenvalue weighted by atomic mass is 9.73. The summed E-state index contributed by atoms with van der Waals surface area (Å²) >= 11 is 0. The van der Waals surface area contributed by atoms with Gasteiger partial charge in [0.1, 0.15) is 0 Å². The Morgan fingerprint density at radius 2 is 0.958 bits per heavy atom. The van der Waals surface area contributed by atoms with Gasteiger partial charge in [-0.2, -0.15) is 0 Å². The van der Waals surface area contributed by atoms with Gasteiger partial charge in [0.05, 0.1) is 0 Å². The van der Waals surface area contributed by atoms with Gasteiger partial charge in [-0.05, 0) is 17.8 Å². The molecule has 0 amide bonds. The predicted octanol–water partition coefficient (Wildman–Crippen LogP) is 8.68. The maximum atomic E-state index is 2.29. The molecule has 24 heavy (non-hydrogen) atoms. The summed E-state index contributed by atoms with van der Waals surface area (Å²) in [6.07, 6.45) is 30.3. The molecule has 3 fully saturated rings. The molecule has 0 aromatic carbocycles. The van der Waals surface area contributed by atoms with Gasteiger partial charge < -0.3 is 0 Å². The first-order valence-corrected chi connectivity index (χ1v) is 11.9. The summed E-state index contributed by atoms with van der Waals surface area (Å²) in [5.74, 6) is 3.38. The van der Waals surface area contributed by atoms with E-state index in [1.165, 1.54) is 103 Å². The highest BCUT2D eigenvalue weighted by atomic mass is 14.3. The van der Waals surface area contributed by atoms with Gasteiger partial charge in [0.25, 0.3) is 0 Å². The van der Waals surface area contributed by atoms with Crippen LogP contribution in [0.15, 0.2) is 0 Å². The Kier molecular flexibility index (Phi) is 11.2. The third-order valence-electron chi connectivity index (χ3n) is 7.16. The first-order valence-electron chi connectivity index (χ1n) is 11.9. The molecule has 0 N–H and O–H groups in total. The van der Waals surface area contributed by atoms with Gasteiger partial charge in [-0.15, -0.1) is 0 Å². The molecular weight excluding hydrogens is 288 g/mol. The summed E-state index contributed by atoms with van der Waals surface area (Å²) in [4.78, 5) is 0. The Morgan fingerprint density at radius 3 is 1.42 bits per heavy atom. The maximum Gasteiger partial charge on any atom is -0.0386 e. The van der Waals surface area contributed by atoms with Crippen molar-refractivity contribution in [3.63, 3.8) is 0 Å². The fourth-order valence-corrected chi connectivity index (χ4v) is 5.55. The first kappa shape index (κ1) is 20.3. The molecule has 3 rings (SSSR count). The van der Waals surface area contributed by atoms with Gasteiger partial charge in [-0.1, -0.05) is 135 Å². The molecule has 0 nitrogen and oxygen atoms in total. The molecule has 3 aliphatic rings. The minimum Gasteiger partial charge on any atom is -0.0654 e. The fraction of sp³-hybridized carbons (Fsp3) is 1.00. The van der Waals surface area contributed by atoms with Gasteiger partial charge in [0.2, 0.25) is 0 Å². The number of hydrogen-bond donors (Lipinski definition) is 0. The van der Waals surface area contributed by atoms with Crippen LogP contribution < -0.4 is 0 Å². The van der Waals surface area contributed by atoms with Crippen LogP contribution in [0.1, 0.15) is 135 Å². The van der Waals surface area contributed by atoms with Crippen LogP contribution in [0.3, 0.4) is 0 Å². The highest BCUT2D eigenvalue weighted by molar-refractivity contribution is 4.76. The van der Waals surface area contributed by atoms with Crippen LogP contribution in [0.25, 0.3) is 0 Å². The van der Waals surface area contributed by atoms with Gasteiger partial charge in [-0.25, -0.2) is 0 Å². The minimum absolute atomic E-state index is 1.11. The van der Waals surface area contributed by atoms with E-state index in [4.69, 9.17) is 0 Å². The van der Waals surface area contributed by atoms with Crippen molar-refractivity contribution in [1.82, 2.24) is 0 Å². The Morgan fingerprint density at radius 1 is 0.500 bits per heavy atom. The van der Waals surface area contributed by atoms with E-state index in [0.29, 0.717) is 0 Å². The zero-order valence-electron chi connectivity index (χ0n) is 16.9. The molecule has 3 saturated carbocycles. The minimum atomic E-state index is 1.11. The second-order valence-corrected chi connectivity index (χ2v) is 9.15. The Bertz CT molecular complexity index is 248. The maximum absolute atomic E-state index is 2.29. The topological polar surface area (TPSA) is 0 Å². The van der Waals surface area contributed by atoms with Crippen molar-refractivity contribution in [1.29, 1.82) is 0 Å². The summed E-state index contributed by atoms with van der Waals surface area (Å²) in [7, 11) is 0. The molecule has 0 bridgehead atoms. The third-order valence-corrected chi connectivity index (χ3v) is 7.16. The molecule has 0 saturated heterocycles.